The molecule has 0 aliphatic heterocycles. The van der Waals surface area contributed by atoms with Crippen LogP contribution in [0.4, 0.5) is 13.2 Å². The molecule has 0 bridgehead atoms. The van der Waals surface area contributed by atoms with Crippen molar-refractivity contribution in [2.75, 3.05) is 6.61 Å². The zero-order valence-corrected chi connectivity index (χ0v) is 15.2. The molecule has 0 fully saturated rings. The van der Waals surface area contributed by atoms with Crippen LogP contribution in [0.5, 0.6) is 11.5 Å². The van der Waals surface area contributed by atoms with Crippen molar-refractivity contribution in [2.45, 2.75) is 30.9 Å². The number of aromatic amines is 1. The monoisotopic (exact) mass is 399 g/mol. The lowest BCUT2D eigenvalue weighted by Gasteiger charge is -2.14. The Morgan fingerprint density at radius 1 is 1.26 bits per heavy atom. The number of aromatic nitrogens is 3. The van der Waals surface area contributed by atoms with Gasteiger partial charge in [0, 0.05) is 17.3 Å². The molecule has 2 heterocycles. The standard InChI is InChI=1S/C17H16F3N3O3S/c1-9-6-14(26-8-17(18,19)20)10(2)12(21-9)7-27(25)16-22-11-4-3-5-13(24)15(11)23-16/h3-6,24H,7-8H2,1-2H3,(H,22,23)/t27-/m1/s1. The van der Waals surface area contributed by atoms with Gasteiger partial charge < -0.3 is 14.8 Å². The SMILES string of the molecule is Cc1cc(OCC(F)(F)F)c(C)c(C[S@@](=O)c2nc3c(O)cccc3[nH]2)n1. The minimum atomic E-state index is -4.46. The quantitative estimate of drug-likeness (QED) is 0.685. The molecule has 0 amide bonds. The van der Waals surface area contributed by atoms with Gasteiger partial charge in [0.05, 0.1) is 27.8 Å². The molecule has 0 spiro atoms. The molecule has 10 heteroatoms. The minimum Gasteiger partial charge on any atom is -0.506 e. The lowest BCUT2D eigenvalue weighted by molar-refractivity contribution is -0.153. The first kappa shape index (κ1) is 19.2. The average molecular weight is 399 g/mol. The van der Waals surface area contributed by atoms with E-state index in [1.165, 1.54) is 12.1 Å². The van der Waals surface area contributed by atoms with Crippen molar-refractivity contribution in [2.24, 2.45) is 0 Å². The normalized spacial score (nSPS) is 13.1. The number of imidazole rings is 1. The van der Waals surface area contributed by atoms with Crippen LogP contribution in [0.3, 0.4) is 0 Å². The van der Waals surface area contributed by atoms with E-state index in [-0.39, 0.29) is 22.4 Å². The summed E-state index contributed by atoms with van der Waals surface area (Å²) in [4.78, 5) is 11.3. The highest BCUT2D eigenvalue weighted by molar-refractivity contribution is 7.84. The number of rotatable bonds is 5. The molecular formula is C17H16F3N3O3S. The Morgan fingerprint density at radius 3 is 2.67 bits per heavy atom. The molecule has 0 radical (unpaired) electrons. The third-order valence-corrected chi connectivity index (χ3v) is 4.96. The van der Waals surface area contributed by atoms with Crippen LogP contribution in [0.2, 0.25) is 0 Å². The molecular weight excluding hydrogens is 383 g/mol. The smallest absolute Gasteiger partial charge is 0.422 e. The molecule has 0 aliphatic carbocycles. The van der Waals surface area contributed by atoms with Gasteiger partial charge in [-0.2, -0.15) is 13.2 Å². The lowest BCUT2D eigenvalue weighted by atomic mass is 10.2. The predicted octanol–water partition coefficient (Wildman–Crippen LogP) is 3.53. The summed E-state index contributed by atoms with van der Waals surface area (Å²) in [6.07, 6.45) is -4.46. The third kappa shape index (κ3) is 4.38. The summed E-state index contributed by atoms with van der Waals surface area (Å²) in [6.45, 7) is 1.77. The Labute approximate surface area is 154 Å². The van der Waals surface area contributed by atoms with Crippen LogP contribution < -0.4 is 4.74 Å². The van der Waals surface area contributed by atoms with Crippen molar-refractivity contribution in [3.8, 4) is 11.5 Å². The second-order valence-corrected chi connectivity index (χ2v) is 7.31. The van der Waals surface area contributed by atoms with Crippen molar-refractivity contribution in [1.82, 2.24) is 15.0 Å². The van der Waals surface area contributed by atoms with Crippen molar-refractivity contribution in [3.05, 3.63) is 41.2 Å². The van der Waals surface area contributed by atoms with E-state index in [4.69, 9.17) is 4.74 Å². The Morgan fingerprint density at radius 2 is 2.00 bits per heavy atom. The first-order valence-electron chi connectivity index (χ1n) is 7.87. The topological polar surface area (TPSA) is 88.1 Å². The number of phenols is 1. The third-order valence-electron chi connectivity index (χ3n) is 3.80. The van der Waals surface area contributed by atoms with E-state index in [2.05, 4.69) is 15.0 Å². The number of aromatic hydroxyl groups is 1. The maximum absolute atomic E-state index is 12.7. The van der Waals surface area contributed by atoms with Crippen molar-refractivity contribution >= 4 is 21.8 Å². The molecule has 0 unspecified atom stereocenters. The molecule has 1 atom stereocenters. The molecule has 6 nitrogen and oxygen atoms in total. The van der Waals surface area contributed by atoms with Gasteiger partial charge in [-0.1, -0.05) is 6.07 Å². The van der Waals surface area contributed by atoms with E-state index < -0.39 is 23.6 Å². The van der Waals surface area contributed by atoms with Crippen LogP contribution in [0.25, 0.3) is 11.0 Å². The summed E-state index contributed by atoms with van der Waals surface area (Å²) in [7, 11) is -1.64. The molecule has 1 aromatic carbocycles. The summed E-state index contributed by atoms with van der Waals surface area (Å²) in [5.41, 5.74) is 2.02. The highest BCUT2D eigenvalue weighted by Crippen LogP contribution is 2.27. The number of H-pyrrole nitrogens is 1. The van der Waals surface area contributed by atoms with Crippen LogP contribution in [0, 0.1) is 13.8 Å². The zero-order valence-electron chi connectivity index (χ0n) is 14.4. The van der Waals surface area contributed by atoms with Crippen LogP contribution in [-0.4, -0.2) is 37.1 Å². The first-order valence-corrected chi connectivity index (χ1v) is 9.18. The molecule has 2 aromatic heterocycles. The van der Waals surface area contributed by atoms with Crippen LogP contribution in [0.15, 0.2) is 29.4 Å². The van der Waals surface area contributed by atoms with Gasteiger partial charge >= 0.3 is 6.18 Å². The molecule has 3 aromatic rings. The van der Waals surface area contributed by atoms with E-state index in [0.29, 0.717) is 28.0 Å². The van der Waals surface area contributed by atoms with E-state index in [0.717, 1.165) is 0 Å². The van der Waals surface area contributed by atoms with Gasteiger partial charge in [-0.25, -0.2) is 4.98 Å². The number of benzene rings is 1. The van der Waals surface area contributed by atoms with E-state index >= 15 is 0 Å². The summed E-state index contributed by atoms with van der Waals surface area (Å²) in [5.74, 6) is -0.0509. The van der Waals surface area contributed by atoms with E-state index in [1.54, 1.807) is 26.0 Å². The minimum absolute atomic E-state index is 0.0419. The highest BCUT2D eigenvalue weighted by atomic mass is 32.2. The first-order chi connectivity index (χ1) is 12.6. The van der Waals surface area contributed by atoms with Gasteiger partial charge in [-0.3, -0.25) is 9.19 Å². The molecule has 144 valence electrons. The van der Waals surface area contributed by atoms with E-state index in [1.807, 2.05) is 0 Å². The number of hydrogen-bond donors (Lipinski definition) is 2. The van der Waals surface area contributed by atoms with Crippen molar-refractivity contribution in [3.63, 3.8) is 0 Å². The molecule has 0 saturated carbocycles. The van der Waals surface area contributed by atoms with Gasteiger partial charge in [0.15, 0.2) is 11.8 Å². The number of phenolic OH excluding ortho intramolecular Hbond substituents is 1. The lowest BCUT2D eigenvalue weighted by Crippen LogP contribution is -2.20. The Kier molecular flexibility index (Phi) is 5.09. The average Bonchev–Trinajstić information content (AvgIpc) is 3.01. The zero-order chi connectivity index (χ0) is 19.8. The second-order valence-electron chi connectivity index (χ2n) is 5.94. The Balaban J connectivity index is 1.86. The van der Waals surface area contributed by atoms with Gasteiger partial charge in [-0.15, -0.1) is 0 Å². The molecule has 0 saturated heterocycles. The number of ether oxygens (including phenoxy) is 1. The number of hydrogen-bond acceptors (Lipinski definition) is 5. The molecule has 3 rings (SSSR count). The maximum Gasteiger partial charge on any atom is 0.422 e. The largest absolute Gasteiger partial charge is 0.506 e. The number of fused-ring (bicyclic) bond motifs is 1. The Hall–Kier alpha value is -2.62. The van der Waals surface area contributed by atoms with Gasteiger partial charge in [0.2, 0.25) is 0 Å². The fraction of sp³-hybridized carbons (Fsp3) is 0.294. The summed E-state index contributed by atoms with van der Waals surface area (Å²) >= 11 is 0. The Bertz CT molecular complexity index is 1020. The van der Waals surface area contributed by atoms with Gasteiger partial charge in [0.25, 0.3) is 0 Å². The number of nitrogens with one attached hydrogen (secondary N) is 1. The van der Waals surface area contributed by atoms with Crippen molar-refractivity contribution in [1.29, 1.82) is 0 Å². The predicted molar refractivity (Wildman–Crippen MR) is 93.1 cm³/mol. The van der Waals surface area contributed by atoms with E-state index in [9.17, 15) is 22.5 Å². The summed E-state index contributed by atoms with van der Waals surface area (Å²) in [6, 6.07) is 6.18. The fourth-order valence-corrected chi connectivity index (χ4v) is 3.60. The summed E-state index contributed by atoms with van der Waals surface area (Å²) in [5, 5.41) is 9.94. The highest BCUT2D eigenvalue weighted by Gasteiger charge is 2.29. The summed E-state index contributed by atoms with van der Waals surface area (Å²) < 4.78 is 54.8. The van der Waals surface area contributed by atoms with Crippen LogP contribution >= 0.6 is 0 Å². The number of nitrogens with zero attached hydrogens (tertiary/aromatic N) is 2. The van der Waals surface area contributed by atoms with Crippen molar-refractivity contribution < 1.29 is 27.2 Å². The van der Waals surface area contributed by atoms with Gasteiger partial charge in [0.1, 0.15) is 17.0 Å². The number of alkyl halides is 3. The molecule has 2 N–H and O–H groups in total. The number of halogens is 3. The fourth-order valence-electron chi connectivity index (χ4n) is 2.51. The van der Waals surface area contributed by atoms with Crippen LogP contribution in [0.1, 0.15) is 17.0 Å². The number of aryl methyl sites for hydroxylation is 1. The number of pyridine rings is 1. The molecule has 27 heavy (non-hydrogen) atoms. The maximum atomic E-state index is 12.7. The van der Waals surface area contributed by atoms with Gasteiger partial charge in [-0.05, 0) is 26.0 Å². The molecule has 0 aliphatic rings. The second kappa shape index (κ2) is 7.18. The number of para-hydroxylation sites is 1. The van der Waals surface area contributed by atoms with Crippen LogP contribution in [-0.2, 0) is 16.6 Å².